The summed E-state index contributed by atoms with van der Waals surface area (Å²) in [6.07, 6.45) is 0. The predicted octanol–water partition coefficient (Wildman–Crippen LogP) is 2.56. The maximum Gasteiger partial charge on any atom is 0.356 e. The normalized spacial score (nSPS) is 10.6. The number of carboxylic acid groups (broad SMARTS) is 1. The lowest BCUT2D eigenvalue weighted by Crippen LogP contribution is -1.99. The molecule has 0 amide bonds. The van der Waals surface area contributed by atoms with Gasteiger partial charge >= 0.3 is 5.97 Å². The first-order chi connectivity index (χ1) is 8.41. The van der Waals surface area contributed by atoms with Crippen molar-refractivity contribution in [3.63, 3.8) is 0 Å². The maximum atomic E-state index is 10.9. The van der Waals surface area contributed by atoms with Gasteiger partial charge in [0, 0.05) is 17.1 Å². The molecule has 0 spiro atoms. The van der Waals surface area contributed by atoms with Crippen LogP contribution in [-0.2, 0) is 7.05 Å². The highest BCUT2D eigenvalue weighted by Gasteiger charge is 2.17. The summed E-state index contributed by atoms with van der Waals surface area (Å²) in [6.45, 7) is 1.84. The van der Waals surface area contributed by atoms with E-state index in [0.717, 1.165) is 10.0 Å². The smallest absolute Gasteiger partial charge is 0.356 e. The van der Waals surface area contributed by atoms with Crippen molar-refractivity contribution in [3.05, 3.63) is 33.9 Å². The van der Waals surface area contributed by atoms with Crippen molar-refractivity contribution in [2.45, 2.75) is 6.92 Å². The van der Waals surface area contributed by atoms with Gasteiger partial charge in [0.15, 0.2) is 5.69 Å². The molecule has 1 heterocycles. The Morgan fingerprint density at radius 2 is 2.11 bits per heavy atom. The van der Waals surface area contributed by atoms with Crippen molar-refractivity contribution in [1.29, 1.82) is 0 Å². The first-order valence-electron chi connectivity index (χ1n) is 5.17. The molecule has 1 aromatic heterocycles. The number of aryl methyl sites for hydroxylation is 1. The third kappa shape index (κ3) is 1.99. The summed E-state index contributed by atoms with van der Waals surface area (Å²) in [5.41, 5.74) is 1.91. The van der Waals surface area contributed by atoms with Crippen molar-refractivity contribution in [2.24, 2.45) is 7.05 Å². The summed E-state index contributed by atoms with van der Waals surface area (Å²) in [7, 11) is 1.64. The Hall–Kier alpha value is -1.82. The zero-order chi connectivity index (χ0) is 13.4. The van der Waals surface area contributed by atoms with E-state index >= 15 is 0 Å². The Bertz CT molecular complexity index is 634. The average Bonchev–Trinajstić information content (AvgIpc) is 2.67. The number of phenols is 1. The number of benzene rings is 1. The van der Waals surface area contributed by atoms with Crippen LogP contribution in [-0.4, -0.2) is 26.0 Å². The van der Waals surface area contributed by atoms with Crippen LogP contribution in [0.4, 0.5) is 0 Å². The quantitative estimate of drug-likeness (QED) is 0.894. The van der Waals surface area contributed by atoms with Gasteiger partial charge in [-0.1, -0.05) is 15.9 Å². The molecule has 0 saturated carbocycles. The van der Waals surface area contributed by atoms with E-state index in [1.54, 1.807) is 19.2 Å². The van der Waals surface area contributed by atoms with Gasteiger partial charge in [-0.15, -0.1) is 0 Å². The molecule has 0 atom stereocenters. The standard InChI is InChI=1S/C12H11BrN2O3/c1-6-7(13)3-4-10(16)11(6)9-5-8(12(17)18)14-15(9)2/h3-5,16H,1-2H3,(H,17,18). The number of aromatic hydroxyl groups is 1. The second-order valence-electron chi connectivity index (χ2n) is 3.91. The van der Waals surface area contributed by atoms with Crippen LogP contribution in [0.15, 0.2) is 22.7 Å². The summed E-state index contributed by atoms with van der Waals surface area (Å²) in [5.74, 6) is -1.00. The van der Waals surface area contributed by atoms with Crippen molar-refractivity contribution in [3.8, 4) is 17.0 Å². The Morgan fingerprint density at radius 1 is 1.44 bits per heavy atom. The topological polar surface area (TPSA) is 75.3 Å². The Balaban J connectivity index is 2.69. The average molecular weight is 311 g/mol. The van der Waals surface area contributed by atoms with Gasteiger partial charge in [-0.25, -0.2) is 4.79 Å². The molecule has 0 bridgehead atoms. The van der Waals surface area contributed by atoms with Crippen molar-refractivity contribution in [2.75, 3.05) is 0 Å². The molecule has 18 heavy (non-hydrogen) atoms. The van der Waals surface area contributed by atoms with Crippen LogP contribution in [0, 0.1) is 6.92 Å². The highest BCUT2D eigenvalue weighted by atomic mass is 79.9. The van der Waals surface area contributed by atoms with E-state index in [1.165, 1.54) is 10.7 Å². The second kappa shape index (κ2) is 4.45. The van der Waals surface area contributed by atoms with Gasteiger partial charge in [-0.3, -0.25) is 4.68 Å². The largest absolute Gasteiger partial charge is 0.507 e. The predicted molar refractivity (Wildman–Crippen MR) is 69.7 cm³/mol. The van der Waals surface area contributed by atoms with Crippen LogP contribution in [0.1, 0.15) is 16.1 Å². The van der Waals surface area contributed by atoms with Crippen LogP contribution in [0.5, 0.6) is 5.75 Å². The number of phenolic OH excluding ortho intramolecular Hbond substituents is 1. The number of carbonyl (C=O) groups is 1. The molecule has 1 aromatic carbocycles. The molecule has 0 unspecified atom stereocenters. The van der Waals surface area contributed by atoms with E-state index in [0.29, 0.717) is 11.3 Å². The lowest BCUT2D eigenvalue weighted by Gasteiger charge is -2.10. The second-order valence-corrected chi connectivity index (χ2v) is 4.76. The Morgan fingerprint density at radius 3 is 2.67 bits per heavy atom. The fourth-order valence-corrected chi connectivity index (χ4v) is 2.13. The number of carboxylic acids is 1. The minimum atomic E-state index is -1.09. The molecule has 0 aliphatic carbocycles. The van der Waals surface area contributed by atoms with Crippen LogP contribution < -0.4 is 0 Å². The Labute approximate surface area is 112 Å². The number of rotatable bonds is 2. The zero-order valence-electron chi connectivity index (χ0n) is 9.81. The Kier molecular flexibility index (Phi) is 3.13. The fraction of sp³-hybridized carbons (Fsp3) is 0.167. The van der Waals surface area contributed by atoms with Gasteiger partial charge in [0.05, 0.1) is 5.69 Å². The lowest BCUT2D eigenvalue weighted by atomic mass is 10.0. The summed E-state index contributed by atoms with van der Waals surface area (Å²) in [6, 6.07) is 4.74. The molecule has 0 radical (unpaired) electrons. The van der Waals surface area contributed by atoms with E-state index < -0.39 is 5.97 Å². The first-order valence-corrected chi connectivity index (χ1v) is 5.97. The molecule has 2 aromatic rings. The molecule has 6 heteroatoms. The van der Waals surface area contributed by atoms with Crippen LogP contribution in [0.3, 0.4) is 0 Å². The number of hydrogen-bond donors (Lipinski definition) is 2. The molecular formula is C12H11BrN2O3. The number of aromatic carboxylic acids is 1. The van der Waals surface area contributed by atoms with Crippen LogP contribution in [0.25, 0.3) is 11.3 Å². The van der Waals surface area contributed by atoms with Crippen molar-refractivity contribution in [1.82, 2.24) is 9.78 Å². The van der Waals surface area contributed by atoms with Gasteiger partial charge in [-0.05, 0) is 30.7 Å². The highest BCUT2D eigenvalue weighted by Crippen LogP contribution is 2.36. The molecule has 5 nitrogen and oxygen atoms in total. The number of hydrogen-bond acceptors (Lipinski definition) is 3. The molecule has 0 saturated heterocycles. The van der Waals surface area contributed by atoms with E-state index in [4.69, 9.17) is 5.11 Å². The minimum Gasteiger partial charge on any atom is -0.507 e. The summed E-state index contributed by atoms with van der Waals surface area (Å²) in [5, 5.41) is 22.7. The third-order valence-electron chi connectivity index (χ3n) is 2.73. The molecule has 0 fully saturated rings. The minimum absolute atomic E-state index is 0.0497. The maximum absolute atomic E-state index is 10.9. The summed E-state index contributed by atoms with van der Waals surface area (Å²) >= 11 is 3.38. The molecule has 0 aliphatic rings. The molecule has 94 valence electrons. The SMILES string of the molecule is Cc1c(Br)ccc(O)c1-c1cc(C(=O)O)nn1C. The van der Waals surface area contributed by atoms with Crippen molar-refractivity contribution >= 4 is 21.9 Å². The molecular weight excluding hydrogens is 300 g/mol. The summed E-state index contributed by atoms with van der Waals surface area (Å²) < 4.78 is 2.28. The van der Waals surface area contributed by atoms with E-state index in [-0.39, 0.29) is 11.4 Å². The van der Waals surface area contributed by atoms with Gasteiger partial charge < -0.3 is 10.2 Å². The molecule has 2 rings (SSSR count). The zero-order valence-corrected chi connectivity index (χ0v) is 11.4. The van der Waals surface area contributed by atoms with E-state index in [2.05, 4.69) is 21.0 Å². The van der Waals surface area contributed by atoms with Crippen LogP contribution in [0.2, 0.25) is 0 Å². The number of halogens is 1. The van der Waals surface area contributed by atoms with E-state index in [9.17, 15) is 9.90 Å². The fourth-order valence-electron chi connectivity index (χ4n) is 1.80. The van der Waals surface area contributed by atoms with E-state index in [1.807, 2.05) is 6.92 Å². The van der Waals surface area contributed by atoms with Gasteiger partial charge in [-0.2, -0.15) is 5.10 Å². The lowest BCUT2D eigenvalue weighted by molar-refractivity contribution is 0.0689. The molecule has 2 N–H and O–H groups in total. The number of nitrogens with zero attached hydrogens (tertiary/aromatic N) is 2. The highest BCUT2D eigenvalue weighted by molar-refractivity contribution is 9.10. The van der Waals surface area contributed by atoms with Crippen LogP contribution >= 0.6 is 15.9 Å². The first kappa shape index (κ1) is 12.6. The number of aromatic nitrogens is 2. The monoisotopic (exact) mass is 310 g/mol. The van der Waals surface area contributed by atoms with Gasteiger partial charge in [0.1, 0.15) is 5.75 Å². The van der Waals surface area contributed by atoms with Crippen molar-refractivity contribution < 1.29 is 15.0 Å². The van der Waals surface area contributed by atoms with Gasteiger partial charge in [0.2, 0.25) is 0 Å². The molecule has 0 aliphatic heterocycles. The van der Waals surface area contributed by atoms with Gasteiger partial charge in [0.25, 0.3) is 0 Å². The third-order valence-corrected chi connectivity index (χ3v) is 3.59. The summed E-state index contributed by atoms with van der Waals surface area (Å²) in [4.78, 5) is 10.9.